The van der Waals surface area contributed by atoms with Gasteiger partial charge in [0.2, 0.25) is 15.9 Å². The molecule has 0 aliphatic heterocycles. The maximum absolute atomic E-state index is 12.9. The Bertz CT molecular complexity index is 853. The molecule has 2 aromatic rings. The molecular formula is C18H20FN3O3S. The number of hydrogen-bond donors (Lipinski definition) is 1. The van der Waals surface area contributed by atoms with E-state index in [1.165, 1.54) is 34.9 Å². The molecule has 138 valence electrons. The van der Waals surface area contributed by atoms with E-state index in [-0.39, 0.29) is 29.2 Å². The minimum absolute atomic E-state index is 0.0889. The predicted octanol–water partition coefficient (Wildman–Crippen LogP) is 1.73. The predicted molar refractivity (Wildman–Crippen MR) is 94.3 cm³/mol. The fraction of sp³-hybridized carbons (Fsp3) is 0.333. The minimum atomic E-state index is -3.75. The molecule has 0 unspecified atom stereocenters. The number of nitrogens with zero attached hydrogens (tertiary/aromatic N) is 2. The van der Waals surface area contributed by atoms with Crippen LogP contribution in [0.5, 0.6) is 0 Å². The molecule has 0 atom stereocenters. The first-order valence-corrected chi connectivity index (χ1v) is 9.84. The molecule has 1 aromatic carbocycles. The summed E-state index contributed by atoms with van der Waals surface area (Å²) in [6, 6.07) is 8.95. The van der Waals surface area contributed by atoms with E-state index in [9.17, 15) is 17.6 Å². The van der Waals surface area contributed by atoms with Crippen molar-refractivity contribution in [3.05, 3.63) is 60.2 Å². The highest BCUT2D eigenvalue weighted by molar-refractivity contribution is 7.89. The van der Waals surface area contributed by atoms with Crippen molar-refractivity contribution in [3.8, 4) is 0 Å². The van der Waals surface area contributed by atoms with Crippen LogP contribution in [0.15, 0.2) is 53.7 Å². The third kappa shape index (κ3) is 4.64. The highest BCUT2D eigenvalue weighted by Crippen LogP contribution is 2.31. The first-order valence-electron chi connectivity index (χ1n) is 8.40. The van der Waals surface area contributed by atoms with Gasteiger partial charge < -0.3 is 5.32 Å². The normalized spacial score (nSPS) is 14.4. The van der Waals surface area contributed by atoms with Crippen LogP contribution in [-0.2, 0) is 21.2 Å². The van der Waals surface area contributed by atoms with Crippen LogP contribution < -0.4 is 5.32 Å². The first-order chi connectivity index (χ1) is 12.5. The van der Waals surface area contributed by atoms with Gasteiger partial charge >= 0.3 is 0 Å². The van der Waals surface area contributed by atoms with Gasteiger partial charge in [-0.3, -0.25) is 9.78 Å². The quantitative estimate of drug-likeness (QED) is 0.760. The van der Waals surface area contributed by atoms with Crippen LogP contribution in [-0.4, -0.2) is 42.7 Å². The number of carbonyl (C=O) groups excluding carboxylic acids is 1. The van der Waals surface area contributed by atoms with Gasteiger partial charge in [0.25, 0.3) is 0 Å². The zero-order chi connectivity index (χ0) is 18.6. The molecule has 0 bridgehead atoms. The lowest BCUT2D eigenvalue weighted by molar-refractivity contribution is -0.121. The number of hydrogen-bond acceptors (Lipinski definition) is 4. The Hall–Kier alpha value is -2.32. The summed E-state index contributed by atoms with van der Waals surface area (Å²) in [5.41, 5.74) is 0.897. The van der Waals surface area contributed by atoms with Gasteiger partial charge in [-0.1, -0.05) is 12.1 Å². The number of carbonyl (C=O) groups is 1. The Morgan fingerprint density at radius 1 is 1.23 bits per heavy atom. The van der Waals surface area contributed by atoms with Crippen LogP contribution >= 0.6 is 0 Å². The van der Waals surface area contributed by atoms with Gasteiger partial charge in [-0.05, 0) is 49.1 Å². The van der Waals surface area contributed by atoms with E-state index in [2.05, 4.69) is 10.3 Å². The standard InChI is InChI=1S/C18H20FN3O3S/c19-15-5-3-14(4-6-15)9-11-21-18(23)13-22(16-7-8-16)26(24,25)17-2-1-10-20-12-17/h1-6,10,12,16H,7-9,11,13H2,(H,21,23). The molecule has 0 spiro atoms. The third-order valence-electron chi connectivity index (χ3n) is 4.14. The Balaban J connectivity index is 1.58. The number of nitrogens with one attached hydrogen (secondary N) is 1. The minimum Gasteiger partial charge on any atom is -0.355 e. The van der Waals surface area contributed by atoms with Crippen LogP contribution in [0, 0.1) is 5.82 Å². The van der Waals surface area contributed by atoms with E-state index in [1.807, 2.05) is 0 Å². The van der Waals surface area contributed by atoms with Crippen molar-refractivity contribution in [2.24, 2.45) is 0 Å². The van der Waals surface area contributed by atoms with E-state index in [0.29, 0.717) is 13.0 Å². The summed E-state index contributed by atoms with van der Waals surface area (Å²) < 4.78 is 39.6. The van der Waals surface area contributed by atoms with Gasteiger partial charge in [-0.2, -0.15) is 4.31 Å². The summed E-state index contributed by atoms with van der Waals surface area (Å²) >= 11 is 0. The zero-order valence-electron chi connectivity index (χ0n) is 14.1. The monoisotopic (exact) mass is 377 g/mol. The summed E-state index contributed by atoms with van der Waals surface area (Å²) in [4.78, 5) is 16.2. The average molecular weight is 377 g/mol. The molecule has 1 aliphatic carbocycles. The number of pyridine rings is 1. The first kappa shape index (κ1) is 18.5. The Kier molecular flexibility index (Phi) is 5.63. The Labute approximate surface area is 152 Å². The fourth-order valence-electron chi connectivity index (χ4n) is 2.60. The third-order valence-corrected chi connectivity index (χ3v) is 6.03. The maximum atomic E-state index is 12.9. The van der Waals surface area contributed by atoms with Gasteiger partial charge in [0.05, 0.1) is 6.54 Å². The van der Waals surface area contributed by atoms with Crippen molar-refractivity contribution in [3.63, 3.8) is 0 Å². The molecule has 8 heteroatoms. The van der Waals surface area contributed by atoms with Gasteiger partial charge in [-0.25, -0.2) is 12.8 Å². The summed E-state index contributed by atoms with van der Waals surface area (Å²) in [5, 5.41) is 2.73. The second-order valence-electron chi connectivity index (χ2n) is 6.20. The maximum Gasteiger partial charge on any atom is 0.245 e. The fourth-order valence-corrected chi connectivity index (χ4v) is 4.21. The molecular weight excluding hydrogens is 357 g/mol. The van der Waals surface area contributed by atoms with Crippen molar-refractivity contribution < 1.29 is 17.6 Å². The summed E-state index contributed by atoms with van der Waals surface area (Å²) in [6.45, 7) is 0.140. The number of benzene rings is 1. The Morgan fingerprint density at radius 3 is 2.58 bits per heavy atom. The molecule has 0 radical (unpaired) electrons. The number of sulfonamides is 1. The van der Waals surface area contributed by atoms with Crippen molar-refractivity contribution in [2.45, 2.75) is 30.2 Å². The largest absolute Gasteiger partial charge is 0.355 e. The molecule has 1 aromatic heterocycles. The molecule has 1 N–H and O–H groups in total. The van der Waals surface area contributed by atoms with Crippen molar-refractivity contribution in [1.29, 1.82) is 0 Å². The number of halogens is 1. The highest BCUT2D eigenvalue weighted by Gasteiger charge is 2.39. The van der Waals surface area contributed by atoms with Crippen molar-refractivity contribution >= 4 is 15.9 Å². The van der Waals surface area contributed by atoms with E-state index in [0.717, 1.165) is 18.4 Å². The van der Waals surface area contributed by atoms with Crippen LogP contribution in [0.25, 0.3) is 0 Å². The van der Waals surface area contributed by atoms with Crippen LogP contribution in [0.4, 0.5) is 4.39 Å². The number of aromatic nitrogens is 1. The molecule has 1 aliphatic rings. The Morgan fingerprint density at radius 2 is 1.96 bits per heavy atom. The number of rotatable bonds is 8. The van der Waals surface area contributed by atoms with Crippen molar-refractivity contribution in [1.82, 2.24) is 14.6 Å². The average Bonchev–Trinajstić information content (AvgIpc) is 3.47. The van der Waals surface area contributed by atoms with Gasteiger partial charge in [-0.15, -0.1) is 0 Å². The summed E-state index contributed by atoms with van der Waals surface area (Å²) in [7, 11) is -3.75. The second-order valence-corrected chi connectivity index (χ2v) is 8.09. The lowest BCUT2D eigenvalue weighted by atomic mass is 10.1. The molecule has 26 heavy (non-hydrogen) atoms. The van der Waals surface area contributed by atoms with E-state index < -0.39 is 10.0 Å². The molecule has 0 saturated heterocycles. The highest BCUT2D eigenvalue weighted by atomic mass is 32.2. The van der Waals surface area contributed by atoms with E-state index >= 15 is 0 Å². The van der Waals surface area contributed by atoms with E-state index in [1.54, 1.807) is 18.2 Å². The van der Waals surface area contributed by atoms with Gasteiger partial charge in [0.1, 0.15) is 10.7 Å². The van der Waals surface area contributed by atoms with Gasteiger partial charge in [0.15, 0.2) is 0 Å². The molecule has 1 heterocycles. The molecule has 1 fully saturated rings. The SMILES string of the molecule is O=C(CN(C1CC1)S(=O)(=O)c1cccnc1)NCCc1ccc(F)cc1. The molecule has 1 amide bonds. The lowest BCUT2D eigenvalue weighted by Gasteiger charge is -2.21. The van der Waals surface area contributed by atoms with Crippen LogP contribution in [0.2, 0.25) is 0 Å². The van der Waals surface area contributed by atoms with Crippen LogP contribution in [0.3, 0.4) is 0 Å². The van der Waals surface area contributed by atoms with Crippen LogP contribution in [0.1, 0.15) is 18.4 Å². The van der Waals surface area contributed by atoms with Crippen molar-refractivity contribution in [2.75, 3.05) is 13.1 Å². The summed E-state index contributed by atoms with van der Waals surface area (Å²) in [5.74, 6) is -0.662. The van der Waals surface area contributed by atoms with Gasteiger partial charge in [0, 0.05) is 25.0 Å². The number of amides is 1. The zero-order valence-corrected chi connectivity index (χ0v) is 15.0. The van der Waals surface area contributed by atoms with E-state index in [4.69, 9.17) is 0 Å². The molecule has 6 nitrogen and oxygen atoms in total. The topological polar surface area (TPSA) is 79.4 Å². The molecule has 3 rings (SSSR count). The summed E-state index contributed by atoms with van der Waals surface area (Å²) in [6.07, 6.45) is 4.84. The smallest absolute Gasteiger partial charge is 0.245 e. The second kappa shape index (κ2) is 7.92. The lowest BCUT2D eigenvalue weighted by Crippen LogP contribution is -2.42. The molecule has 1 saturated carbocycles.